The van der Waals surface area contributed by atoms with Gasteiger partial charge in [0.15, 0.2) is 11.5 Å². The van der Waals surface area contributed by atoms with E-state index in [0.29, 0.717) is 58.2 Å². The first-order valence-electron chi connectivity index (χ1n) is 13.0. The summed E-state index contributed by atoms with van der Waals surface area (Å²) in [5, 5.41) is 18.4. The number of hydrogen-bond donors (Lipinski definition) is 1. The van der Waals surface area contributed by atoms with Crippen LogP contribution in [-0.4, -0.2) is 34.3 Å². The molecule has 6 rings (SSSR count). The molecule has 8 nitrogen and oxygen atoms in total. The lowest BCUT2D eigenvalue weighted by Crippen LogP contribution is -2.10. The Labute approximate surface area is 238 Å². The molecule has 10 heteroatoms. The fourth-order valence-electron chi connectivity index (χ4n) is 5.02. The van der Waals surface area contributed by atoms with Crippen molar-refractivity contribution in [1.29, 1.82) is 5.26 Å². The number of carboxylic acid groups (broad SMARTS) is 1. The standard InChI is InChI=1S/C32H23F2N3O5/c1-40-12-11-37-27-15-21(31(38)39)8-10-26(27)36-29(37)16-20-7-6-19(14-24(20)33)22-3-2-4-28-30(22)42-32(41-28)23-9-5-18(17-35)13-25(23)34/h2-10,13-15,32H,11-12,16H2,1H3,(H,38,39)/t32-/m1/s1. The van der Waals surface area contributed by atoms with Gasteiger partial charge in [-0.1, -0.05) is 24.3 Å². The van der Waals surface area contributed by atoms with Crippen molar-refractivity contribution in [3.8, 4) is 28.7 Å². The maximum absolute atomic E-state index is 15.6. The van der Waals surface area contributed by atoms with E-state index in [9.17, 15) is 14.3 Å². The molecular weight excluding hydrogens is 544 g/mol. The van der Waals surface area contributed by atoms with Crippen LogP contribution in [0.15, 0.2) is 72.8 Å². The maximum Gasteiger partial charge on any atom is 0.335 e. The van der Waals surface area contributed by atoms with Crippen LogP contribution < -0.4 is 9.47 Å². The predicted molar refractivity (Wildman–Crippen MR) is 148 cm³/mol. The van der Waals surface area contributed by atoms with Gasteiger partial charge in [0.25, 0.3) is 6.29 Å². The van der Waals surface area contributed by atoms with Gasteiger partial charge in [-0.05, 0) is 59.7 Å². The van der Waals surface area contributed by atoms with Crippen LogP contribution in [0, 0.1) is 23.0 Å². The molecule has 0 fully saturated rings. The zero-order valence-corrected chi connectivity index (χ0v) is 22.3. The first kappa shape index (κ1) is 26.9. The van der Waals surface area contributed by atoms with E-state index in [4.69, 9.17) is 19.5 Å². The van der Waals surface area contributed by atoms with Crippen LogP contribution in [0.1, 0.15) is 39.2 Å². The maximum atomic E-state index is 15.6. The van der Waals surface area contributed by atoms with Crippen LogP contribution in [0.5, 0.6) is 11.5 Å². The van der Waals surface area contributed by atoms with Crippen molar-refractivity contribution in [3.05, 3.63) is 113 Å². The number of aromatic carboxylic acids is 1. The molecule has 0 bridgehead atoms. The molecule has 0 radical (unpaired) electrons. The van der Waals surface area contributed by atoms with Gasteiger partial charge < -0.3 is 23.9 Å². The summed E-state index contributed by atoms with van der Waals surface area (Å²) >= 11 is 0. The Morgan fingerprint density at radius 1 is 1.07 bits per heavy atom. The first-order chi connectivity index (χ1) is 20.4. The number of carbonyl (C=O) groups is 1. The topological polar surface area (TPSA) is 107 Å². The highest BCUT2D eigenvalue weighted by atomic mass is 19.1. The van der Waals surface area contributed by atoms with Crippen molar-refractivity contribution in [2.24, 2.45) is 0 Å². The van der Waals surface area contributed by atoms with Gasteiger partial charge in [0.05, 0.1) is 40.4 Å². The Morgan fingerprint density at radius 3 is 2.67 bits per heavy atom. The summed E-state index contributed by atoms with van der Waals surface area (Å²) in [7, 11) is 1.57. The summed E-state index contributed by atoms with van der Waals surface area (Å²) in [6.45, 7) is 0.783. The smallest absolute Gasteiger partial charge is 0.335 e. The number of methoxy groups -OCH3 is 1. The van der Waals surface area contributed by atoms with Crippen LogP contribution in [0.3, 0.4) is 0 Å². The monoisotopic (exact) mass is 567 g/mol. The molecule has 0 spiro atoms. The molecule has 0 saturated carbocycles. The largest absolute Gasteiger partial charge is 0.478 e. The number of aromatic nitrogens is 2. The van der Waals surface area contributed by atoms with Crippen LogP contribution in [0.25, 0.3) is 22.2 Å². The minimum Gasteiger partial charge on any atom is -0.478 e. The lowest BCUT2D eigenvalue weighted by atomic mass is 10.0. The van der Waals surface area contributed by atoms with Gasteiger partial charge in [0, 0.05) is 25.6 Å². The second-order valence-electron chi connectivity index (χ2n) is 9.71. The molecule has 0 amide bonds. The van der Waals surface area contributed by atoms with Gasteiger partial charge in [0.2, 0.25) is 0 Å². The molecule has 4 aromatic carbocycles. The van der Waals surface area contributed by atoms with Gasteiger partial charge in [-0.25, -0.2) is 18.6 Å². The fourth-order valence-corrected chi connectivity index (χ4v) is 5.02. The predicted octanol–water partition coefficient (Wildman–Crippen LogP) is 6.26. The minimum absolute atomic E-state index is 0.133. The Bertz CT molecular complexity index is 1900. The number of halogens is 2. The zero-order chi connectivity index (χ0) is 29.4. The molecular formula is C32H23F2N3O5. The lowest BCUT2D eigenvalue weighted by Gasteiger charge is -2.13. The van der Waals surface area contributed by atoms with Gasteiger partial charge >= 0.3 is 5.97 Å². The molecule has 1 aliphatic rings. The van der Waals surface area contributed by atoms with Crippen molar-refractivity contribution >= 4 is 17.0 Å². The minimum atomic E-state index is -1.06. The third-order valence-corrected chi connectivity index (χ3v) is 7.13. The van der Waals surface area contributed by atoms with Crippen molar-refractivity contribution in [2.45, 2.75) is 19.3 Å². The number of hydrogen-bond acceptors (Lipinski definition) is 6. The van der Waals surface area contributed by atoms with E-state index < -0.39 is 23.9 Å². The van der Waals surface area contributed by atoms with Crippen molar-refractivity contribution in [3.63, 3.8) is 0 Å². The number of nitrogens with zero attached hydrogens (tertiary/aromatic N) is 3. The molecule has 1 N–H and O–H groups in total. The van der Waals surface area contributed by atoms with Crippen LogP contribution in [-0.2, 0) is 17.7 Å². The highest BCUT2D eigenvalue weighted by Gasteiger charge is 2.31. The summed E-state index contributed by atoms with van der Waals surface area (Å²) in [6.07, 6.45) is -0.890. The third-order valence-electron chi connectivity index (χ3n) is 7.13. The molecule has 210 valence electrons. The van der Waals surface area contributed by atoms with E-state index in [1.165, 1.54) is 24.3 Å². The summed E-state index contributed by atoms with van der Waals surface area (Å²) in [6, 6.07) is 20.6. The second-order valence-corrected chi connectivity index (χ2v) is 9.71. The number of benzene rings is 4. The number of rotatable bonds is 8. The van der Waals surface area contributed by atoms with Gasteiger partial charge in [-0.15, -0.1) is 0 Å². The van der Waals surface area contributed by atoms with Gasteiger partial charge in [-0.2, -0.15) is 5.26 Å². The van der Waals surface area contributed by atoms with Crippen molar-refractivity contribution < 1.29 is 32.9 Å². The van der Waals surface area contributed by atoms with E-state index in [0.717, 1.165) is 6.07 Å². The van der Waals surface area contributed by atoms with E-state index >= 15 is 4.39 Å². The van der Waals surface area contributed by atoms with E-state index in [1.807, 2.05) is 10.6 Å². The highest BCUT2D eigenvalue weighted by Crippen LogP contribution is 2.47. The van der Waals surface area contributed by atoms with E-state index in [2.05, 4.69) is 4.98 Å². The number of fused-ring (bicyclic) bond motifs is 2. The number of nitriles is 1. The zero-order valence-electron chi connectivity index (χ0n) is 22.3. The summed E-state index contributed by atoms with van der Waals surface area (Å²) in [5.74, 6) is -0.822. The average molecular weight is 568 g/mol. The van der Waals surface area contributed by atoms with Crippen LogP contribution in [0.2, 0.25) is 0 Å². The molecule has 1 aliphatic heterocycles. The summed E-state index contributed by atoms with van der Waals surface area (Å²) in [5.41, 5.74) is 3.20. The normalized spacial score (nSPS) is 13.8. The van der Waals surface area contributed by atoms with E-state index in [-0.39, 0.29) is 23.1 Å². The summed E-state index contributed by atoms with van der Waals surface area (Å²) < 4.78 is 49.1. The quantitative estimate of drug-likeness (QED) is 0.236. The Morgan fingerprint density at radius 2 is 1.93 bits per heavy atom. The van der Waals surface area contributed by atoms with Crippen molar-refractivity contribution in [2.75, 3.05) is 13.7 Å². The Hall–Kier alpha value is -5.27. The molecule has 2 heterocycles. The van der Waals surface area contributed by atoms with Crippen LogP contribution in [0.4, 0.5) is 8.78 Å². The molecule has 1 atom stereocenters. The van der Waals surface area contributed by atoms with Crippen molar-refractivity contribution in [1.82, 2.24) is 9.55 Å². The van der Waals surface area contributed by atoms with Gasteiger partial charge in [0.1, 0.15) is 17.5 Å². The number of imidazole rings is 1. The Balaban J connectivity index is 1.30. The number of para-hydroxylation sites is 1. The molecule has 5 aromatic rings. The number of carboxylic acids is 1. The molecule has 1 aromatic heterocycles. The molecule has 0 unspecified atom stereocenters. The lowest BCUT2D eigenvalue weighted by molar-refractivity contribution is 0.0457. The van der Waals surface area contributed by atoms with Gasteiger partial charge in [-0.3, -0.25) is 0 Å². The SMILES string of the molecule is COCCn1c(Cc2ccc(-c3cccc4c3O[C@H](c3ccc(C#N)cc3F)O4)cc2F)nc2ccc(C(=O)O)cc21. The molecule has 42 heavy (non-hydrogen) atoms. The fraction of sp³-hybridized carbons (Fsp3) is 0.156. The number of ether oxygens (including phenoxy) is 3. The first-order valence-corrected chi connectivity index (χ1v) is 13.0. The Kier molecular flexibility index (Phi) is 7.02. The molecule has 0 aliphatic carbocycles. The third kappa shape index (κ3) is 4.91. The average Bonchev–Trinajstić information content (AvgIpc) is 3.57. The van der Waals surface area contributed by atoms with E-state index in [1.54, 1.807) is 49.6 Å². The highest BCUT2D eigenvalue weighted by molar-refractivity contribution is 5.92. The summed E-state index contributed by atoms with van der Waals surface area (Å²) in [4.78, 5) is 16.2. The second kappa shape index (κ2) is 11.0. The van der Waals surface area contributed by atoms with Crippen LogP contribution >= 0.6 is 0 Å². The molecule has 0 saturated heterocycles.